The lowest BCUT2D eigenvalue weighted by atomic mass is 9.97. The van der Waals surface area contributed by atoms with E-state index in [4.69, 9.17) is 4.98 Å². The second-order valence-electron chi connectivity index (χ2n) is 6.89. The maximum Gasteiger partial charge on any atom is 0.292 e. The van der Waals surface area contributed by atoms with Gasteiger partial charge in [0, 0.05) is 12.0 Å². The summed E-state index contributed by atoms with van der Waals surface area (Å²) in [5, 5.41) is 14.9. The molecule has 2 heterocycles. The summed E-state index contributed by atoms with van der Waals surface area (Å²) in [5.41, 5.74) is 1.20. The minimum absolute atomic E-state index is 0.0922. The lowest BCUT2D eigenvalue weighted by molar-refractivity contribution is -0.383. The molecule has 2 aromatic carbocycles. The van der Waals surface area contributed by atoms with Gasteiger partial charge in [-0.15, -0.1) is 11.3 Å². The monoisotopic (exact) mass is 396 g/mol. The summed E-state index contributed by atoms with van der Waals surface area (Å²) in [7, 11) is 0. The Balaban J connectivity index is 1.33. The van der Waals surface area contributed by atoms with Gasteiger partial charge in [-0.3, -0.25) is 19.8 Å². The Labute approximate surface area is 166 Å². The van der Waals surface area contributed by atoms with Crippen LogP contribution in [0.3, 0.4) is 0 Å². The average molecular weight is 396 g/mol. The van der Waals surface area contributed by atoms with E-state index in [1.165, 1.54) is 15.8 Å². The lowest BCUT2D eigenvalue weighted by Gasteiger charge is -2.30. The van der Waals surface area contributed by atoms with Crippen LogP contribution in [0.25, 0.3) is 10.2 Å². The quantitative estimate of drug-likeness (QED) is 0.520. The number of carbonyl (C=O) groups excluding carboxylic acids is 1. The highest BCUT2D eigenvalue weighted by molar-refractivity contribution is 7.18. The van der Waals surface area contributed by atoms with Crippen LogP contribution in [-0.2, 0) is 4.79 Å². The molecule has 1 aliphatic heterocycles. The summed E-state index contributed by atoms with van der Waals surface area (Å²) in [6.45, 7) is 1.86. The number of nitrogens with one attached hydrogen (secondary N) is 1. The fraction of sp³-hybridized carbons (Fsp3) is 0.300. The first-order chi connectivity index (χ1) is 13.6. The van der Waals surface area contributed by atoms with Gasteiger partial charge in [0.15, 0.2) is 0 Å². The van der Waals surface area contributed by atoms with Crippen LogP contribution in [0, 0.1) is 10.1 Å². The molecule has 0 atom stereocenters. The van der Waals surface area contributed by atoms with Crippen LogP contribution in [0.15, 0.2) is 48.5 Å². The molecule has 0 unspecified atom stereocenters. The van der Waals surface area contributed by atoms with Crippen molar-refractivity contribution < 1.29 is 9.72 Å². The smallest absolute Gasteiger partial charge is 0.292 e. The maximum absolute atomic E-state index is 12.3. The molecule has 1 saturated heterocycles. The molecule has 1 amide bonds. The number of fused-ring (bicyclic) bond motifs is 1. The second kappa shape index (κ2) is 8.04. The molecule has 0 aliphatic carbocycles. The molecule has 144 valence electrons. The third kappa shape index (κ3) is 4.02. The van der Waals surface area contributed by atoms with Crippen LogP contribution >= 0.6 is 11.3 Å². The number of anilines is 1. The van der Waals surface area contributed by atoms with Crippen molar-refractivity contribution in [1.29, 1.82) is 0 Å². The number of nitro groups is 1. The Bertz CT molecular complexity index is 978. The molecule has 0 spiro atoms. The molecule has 1 aliphatic rings. The van der Waals surface area contributed by atoms with Crippen molar-refractivity contribution >= 4 is 38.8 Å². The summed E-state index contributed by atoms with van der Waals surface area (Å²) in [4.78, 5) is 29.8. The number of carbonyl (C=O) groups is 1. The largest absolute Gasteiger partial charge is 0.319 e. The fourth-order valence-corrected chi connectivity index (χ4v) is 4.67. The van der Waals surface area contributed by atoms with Crippen LogP contribution in [0.1, 0.15) is 23.8 Å². The molecule has 8 heteroatoms. The van der Waals surface area contributed by atoms with E-state index in [2.05, 4.69) is 16.3 Å². The van der Waals surface area contributed by atoms with E-state index in [0.29, 0.717) is 5.92 Å². The molecule has 3 aromatic rings. The lowest BCUT2D eigenvalue weighted by Crippen LogP contribution is -2.38. The normalized spacial score (nSPS) is 15.6. The molecule has 0 bridgehead atoms. The Hall–Kier alpha value is -2.84. The van der Waals surface area contributed by atoms with Crippen molar-refractivity contribution in [2.45, 2.75) is 18.8 Å². The van der Waals surface area contributed by atoms with Crippen molar-refractivity contribution in [2.24, 2.45) is 0 Å². The highest BCUT2D eigenvalue weighted by Gasteiger charge is 2.25. The number of amides is 1. The number of benzene rings is 2. The summed E-state index contributed by atoms with van der Waals surface area (Å²) >= 11 is 1.75. The Morgan fingerprint density at radius 3 is 2.64 bits per heavy atom. The van der Waals surface area contributed by atoms with Gasteiger partial charge in [-0.05, 0) is 44.1 Å². The van der Waals surface area contributed by atoms with Gasteiger partial charge >= 0.3 is 0 Å². The summed E-state index contributed by atoms with van der Waals surface area (Å²) < 4.78 is 1.21. The van der Waals surface area contributed by atoms with Gasteiger partial charge in [-0.2, -0.15) is 0 Å². The Morgan fingerprint density at radius 1 is 1.18 bits per heavy atom. The first kappa shape index (κ1) is 18.5. The predicted molar refractivity (Wildman–Crippen MR) is 110 cm³/mol. The minimum atomic E-state index is -0.487. The van der Waals surface area contributed by atoms with Gasteiger partial charge in [-0.25, -0.2) is 4.98 Å². The number of thiazole rings is 1. The standard InChI is InChI=1S/C20H20N4O3S/c25-19(21-15-5-1-3-7-17(15)24(26)27)13-23-11-9-14(10-12-23)20-22-16-6-2-4-8-18(16)28-20/h1-8,14H,9-13H2,(H,21,25). The van der Waals surface area contributed by atoms with Gasteiger partial charge in [0.05, 0.1) is 26.7 Å². The van der Waals surface area contributed by atoms with E-state index in [9.17, 15) is 14.9 Å². The van der Waals surface area contributed by atoms with Gasteiger partial charge in [0.2, 0.25) is 5.91 Å². The van der Waals surface area contributed by atoms with Crippen molar-refractivity contribution in [3.8, 4) is 0 Å². The maximum atomic E-state index is 12.3. The number of aromatic nitrogens is 1. The average Bonchev–Trinajstić information content (AvgIpc) is 3.13. The van der Waals surface area contributed by atoms with Gasteiger partial charge in [-0.1, -0.05) is 24.3 Å². The zero-order valence-electron chi connectivity index (χ0n) is 15.2. The molecule has 7 nitrogen and oxygen atoms in total. The molecular formula is C20H20N4O3S. The SMILES string of the molecule is O=C(CN1CCC(c2nc3ccccc3s2)CC1)Nc1ccccc1[N+](=O)[O-]. The third-order valence-corrected chi connectivity index (χ3v) is 6.19. The number of piperidine rings is 1. The van der Waals surface area contributed by atoms with Crippen molar-refractivity contribution in [3.05, 3.63) is 63.7 Å². The summed E-state index contributed by atoms with van der Waals surface area (Å²) in [6.07, 6.45) is 1.91. The predicted octanol–water partition coefficient (Wildman–Crippen LogP) is 4.02. The molecule has 4 rings (SSSR count). The summed E-state index contributed by atoms with van der Waals surface area (Å²) in [6, 6.07) is 14.4. The number of para-hydroxylation sites is 3. The highest BCUT2D eigenvalue weighted by Crippen LogP contribution is 2.33. The van der Waals surface area contributed by atoms with E-state index in [0.717, 1.165) is 31.4 Å². The van der Waals surface area contributed by atoms with Gasteiger partial charge < -0.3 is 5.32 Å². The molecule has 0 radical (unpaired) electrons. The van der Waals surface area contributed by atoms with E-state index in [1.807, 2.05) is 18.2 Å². The number of hydrogen-bond donors (Lipinski definition) is 1. The van der Waals surface area contributed by atoms with E-state index < -0.39 is 4.92 Å². The van der Waals surface area contributed by atoms with Crippen molar-refractivity contribution in [2.75, 3.05) is 25.0 Å². The Morgan fingerprint density at radius 2 is 1.89 bits per heavy atom. The number of nitrogens with zero attached hydrogens (tertiary/aromatic N) is 3. The van der Waals surface area contributed by atoms with Gasteiger partial charge in [0.1, 0.15) is 5.69 Å². The molecule has 28 heavy (non-hydrogen) atoms. The number of hydrogen-bond acceptors (Lipinski definition) is 6. The van der Waals surface area contributed by atoms with Crippen LogP contribution in [-0.4, -0.2) is 40.3 Å². The Kier molecular flexibility index (Phi) is 5.31. The first-order valence-electron chi connectivity index (χ1n) is 9.21. The highest BCUT2D eigenvalue weighted by atomic mass is 32.1. The van der Waals surface area contributed by atoms with E-state index in [-0.39, 0.29) is 23.8 Å². The van der Waals surface area contributed by atoms with Crippen molar-refractivity contribution in [1.82, 2.24) is 9.88 Å². The molecule has 1 N–H and O–H groups in total. The van der Waals surface area contributed by atoms with Crippen LogP contribution < -0.4 is 5.32 Å². The second-order valence-corrected chi connectivity index (χ2v) is 7.95. The zero-order chi connectivity index (χ0) is 19.5. The number of nitro benzene ring substituents is 1. The first-order valence-corrected chi connectivity index (χ1v) is 10.0. The topological polar surface area (TPSA) is 88.4 Å². The van der Waals surface area contributed by atoms with Crippen LogP contribution in [0.2, 0.25) is 0 Å². The molecule has 1 aromatic heterocycles. The van der Waals surface area contributed by atoms with Gasteiger partial charge in [0.25, 0.3) is 5.69 Å². The molecule has 0 saturated carbocycles. The third-order valence-electron chi connectivity index (χ3n) is 4.99. The van der Waals surface area contributed by atoms with Crippen LogP contribution in [0.4, 0.5) is 11.4 Å². The van der Waals surface area contributed by atoms with E-state index in [1.54, 1.807) is 29.5 Å². The zero-order valence-corrected chi connectivity index (χ0v) is 16.0. The number of rotatable bonds is 5. The summed E-state index contributed by atoms with van der Waals surface area (Å²) in [5.74, 6) is 0.194. The van der Waals surface area contributed by atoms with Crippen molar-refractivity contribution in [3.63, 3.8) is 0 Å². The molecular weight excluding hydrogens is 376 g/mol. The minimum Gasteiger partial charge on any atom is -0.319 e. The van der Waals surface area contributed by atoms with Crippen LogP contribution in [0.5, 0.6) is 0 Å². The fourth-order valence-electron chi connectivity index (χ4n) is 3.53. The number of likely N-dealkylation sites (tertiary alicyclic amines) is 1. The van der Waals surface area contributed by atoms with E-state index >= 15 is 0 Å². The molecule has 1 fully saturated rings.